The Morgan fingerprint density at radius 1 is 1.29 bits per heavy atom. The van der Waals surface area contributed by atoms with Crippen molar-refractivity contribution >= 4 is 11.6 Å². The van der Waals surface area contributed by atoms with E-state index in [9.17, 15) is 5.11 Å². The minimum absolute atomic E-state index is 0.579. The summed E-state index contributed by atoms with van der Waals surface area (Å²) in [6, 6.07) is 7.67. The van der Waals surface area contributed by atoms with Crippen LogP contribution in [0.25, 0.3) is 0 Å². The Balaban J connectivity index is 2.35. The molecule has 1 aromatic carbocycles. The summed E-state index contributed by atoms with van der Waals surface area (Å²) in [6.07, 6.45) is 0. The van der Waals surface area contributed by atoms with Crippen LogP contribution < -0.4 is 5.32 Å². The van der Waals surface area contributed by atoms with Crippen LogP contribution >= 0.6 is 11.6 Å². The van der Waals surface area contributed by atoms with E-state index in [1.807, 2.05) is 24.3 Å². The average Bonchev–Trinajstić information content (AvgIpc) is 2.06. The van der Waals surface area contributed by atoms with Crippen molar-refractivity contribution < 1.29 is 5.11 Å². The van der Waals surface area contributed by atoms with Crippen LogP contribution in [-0.4, -0.2) is 17.3 Å². The van der Waals surface area contributed by atoms with Crippen molar-refractivity contribution in [3.05, 3.63) is 34.9 Å². The maximum atomic E-state index is 9.46. The van der Waals surface area contributed by atoms with Gasteiger partial charge in [0.2, 0.25) is 0 Å². The summed E-state index contributed by atoms with van der Waals surface area (Å²) in [5.74, 6) is 0. The molecule has 3 heteroatoms. The van der Waals surface area contributed by atoms with Gasteiger partial charge in [-0.3, -0.25) is 0 Å². The lowest BCUT2D eigenvalue weighted by atomic mass is 10.1. The summed E-state index contributed by atoms with van der Waals surface area (Å²) in [4.78, 5) is 0. The predicted octanol–water partition coefficient (Wildman–Crippen LogP) is 2.20. The van der Waals surface area contributed by atoms with E-state index in [4.69, 9.17) is 11.6 Å². The monoisotopic (exact) mass is 213 g/mol. The van der Waals surface area contributed by atoms with Crippen LogP contribution in [0.5, 0.6) is 0 Å². The van der Waals surface area contributed by atoms with Crippen molar-refractivity contribution in [1.29, 1.82) is 0 Å². The molecule has 0 aliphatic heterocycles. The zero-order valence-corrected chi connectivity index (χ0v) is 9.30. The topological polar surface area (TPSA) is 32.3 Å². The molecular formula is C11H16ClNO. The van der Waals surface area contributed by atoms with Crippen LogP contribution in [-0.2, 0) is 6.54 Å². The van der Waals surface area contributed by atoms with Gasteiger partial charge in [0.05, 0.1) is 5.60 Å². The standard InChI is InChI=1S/C11H16ClNO/c1-11(2,14)8-13-7-9-3-5-10(12)6-4-9/h3-6,13-14H,7-8H2,1-2H3. The normalized spacial score (nSPS) is 11.7. The van der Waals surface area contributed by atoms with Gasteiger partial charge in [0.1, 0.15) is 0 Å². The molecule has 0 fully saturated rings. The number of aliphatic hydroxyl groups is 1. The molecule has 0 amide bonds. The Morgan fingerprint density at radius 3 is 2.36 bits per heavy atom. The molecule has 0 heterocycles. The number of rotatable bonds is 4. The third kappa shape index (κ3) is 4.61. The van der Waals surface area contributed by atoms with Crippen LogP contribution in [0.1, 0.15) is 19.4 Å². The number of halogens is 1. The Hall–Kier alpha value is -0.570. The lowest BCUT2D eigenvalue weighted by Crippen LogP contribution is -2.34. The van der Waals surface area contributed by atoms with E-state index in [1.54, 1.807) is 13.8 Å². The first-order valence-electron chi connectivity index (χ1n) is 4.65. The molecule has 0 atom stereocenters. The van der Waals surface area contributed by atoms with Gasteiger partial charge < -0.3 is 10.4 Å². The average molecular weight is 214 g/mol. The molecule has 14 heavy (non-hydrogen) atoms. The van der Waals surface area contributed by atoms with Gasteiger partial charge in [0, 0.05) is 18.1 Å². The number of hydrogen-bond acceptors (Lipinski definition) is 2. The van der Waals surface area contributed by atoms with E-state index in [2.05, 4.69) is 5.32 Å². The molecular weight excluding hydrogens is 198 g/mol. The van der Waals surface area contributed by atoms with Gasteiger partial charge in [-0.05, 0) is 31.5 Å². The molecule has 0 aliphatic rings. The minimum Gasteiger partial charge on any atom is -0.389 e. The van der Waals surface area contributed by atoms with Crippen molar-refractivity contribution in [2.45, 2.75) is 26.0 Å². The van der Waals surface area contributed by atoms with E-state index in [0.29, 0.717) is 6.54 Å². The highest BCUT2D eigenvalue weighted by molar-refractivity contribution is 6.30. The van der Waals surface area contributed by atoms with E-state index in [-0.39, 0.29) is 0 Å². The first-order valence-corrected chi connectivity index (χ1v) is 5.03. The Kier molecular flexibility index (Phi) is 3.93. The molecule has 1 rings (SSSR count). The molecule has 0 bridgehead atoms. The van der Waals surface area contributed by atoms with E-state index >= 15 is 0 Å². The largest absolute Gasteiger partial charge is 0.389 e. The molecule has 0 radical (unpaired) electrons. The fourth-order valence-electron chi connectivity index (χ4n) is 1.11. The molecule has 0 spiro atoms. The predicted molar refractivity (Wildman–Crippen MR) is 59.5 cm³/mol. The Bertz CT molecular complexity index is 276. The first kappa shape index (κ1) is 11.5. The molecule has 0 aliphatic carbocycles. The summed E-state index contributed by atoms with van der Waals surface area (Å²) < 4.78 is 0. The Morgan fingerprint density at radius 2 is 1.86 bits per heavy atom. The molecule has 0 saturated carbocycles. The number of nitrogens with one attached hydrogen (secondary N) is 1. The molecule has 78 valence electrons. The molecule has 2 N–H and O–H groups in total. The number of hydrogen-bond donors (Lipinski definition) is 2. The highest BCUT2D eigenvalue weighted by atomic mass is 35.5. The van der Waals surface area contributed by atoms with Crippen LogP contribution in [0.15, 0.2) is 24.3 Å². The molecule has 2 nitrogen and oxygen atoms in total. The maximum Gasteiger partial charge on any atom is 0.0715 e. The second-order valence-electron chi connectivity index (χ2n) is 4.04. The van der Waals surface area contributed by atoms with Crippen LogP contribution in [0.4, 0.5) is 0 Å². The summed E-state index contributed by atoms with van der Waals surface area (Å²) in [6.45, 7) is 4.89. The van der Waals surface area contributed by atoms with Crippen molar-refractivity contribution in [3.8, 4) is 0 Å². The van der Waals surface area contributed by atoms with Crippen molar-refractivity contribution in [3.63, 3.8) is 0 Å². The first-order chi connectivity index (χ1) is 6.47. The van der Waals surface area contributed by atoms with Gasteiger partial charge in [-0.2, -0.15) is 0 Å². The second kappa shape index (κ2) is 4.78. The van der Waals surface area contributed by atoms with Crippen LogP contribution in [0, 0.1) is 0 Å². The summed E-state index contributed by atoms with van der Waals surface area (Å²) in [7, 11) is 0. The zero-order chi connectivity index (χ0) is 10.6. The third-order valence-corrected chi connectivity index (χ3v) is 2.05. The molecule has 1 aromatic rings. The Labute approximate surface area is 89.9 Å². The van der Waals surface area contributed by atoms with Gasteiger partial charge in [-0.15, -0.1) is 0 Å². The lowest BCUT2D eigenvalue weighted by molar-refractivity contribution is 0.0795. The van der Waals surface area contributed by atoms with Gasteiger partial charge in [-0.1, -0.05) is 23.7 Å². The van der Waals surface area contributed by atoms with Gasteiger partial charge in [0.25, 0.3) is 0 Å². The molecule has 0 unspecified atom stereocenters. The van der Waals surface area contributed by atoms with Crippen molar-refractivity contribution in [2.75, 3.05) is 6.54 Å². The van der Waals surface area contributed by atoms with Gasteiger partial charge >= 0.3 is 0 Å². The fraction of sp³-hybridized carbons (Fsp3) is 0.455. The SMILES string of the molecule is CC(C)(O)CNCc1ccc(Cl)cc1. The van der Waals surface area contributed by atoms with Crippen LogP contribution in [0.3, 0.4) is 0 Å². The van der Waals surface area contributed by atoms with E-state index in [0.717, 1.165) is 11.6 Å². The molecule has 0 aromatic heterocycles. The summed E-state index contributed by atoms with van der Waals surface area (Å²) in [5, 5.41) is 13.4. The van der Waals surface area contributed by atoms with E-state index in [1.165, 1.54) is 5.56 Å². The van der Waals surface area contributed by atoms with Crippen molar-refractivity contribution in [2.24, 2.45) is 0 Å². The number of benzene rings is 1. The van der Waals surface area contributed by atoms with Crippen LogP contribution in [0.2, 0.25) is 5.02 Å². The summed E-state index contributed by atoms with van der Waals surface area (Å²) >= 11 is 5.76. The fourth-order valence-corrected chi connectivity index (χ4v) is 1.24. The zero-order valence-electron chi connectivity index (χ0n) is 8.55. The van der Waals surface area contributed by atoms with E-state index < -0.39 is 5.60 Å². The third-order valence-electron chi connectivity index (χ3n) is 1.80. The van der Waals surface area contributed by atoms with Gasteiger partial charge in [-0.25, -0.2) is 0 Å². The highest BCUT2D eigenvalue weighted by Gasteiger charge is 2.10. The quantitative estimate of drug-likeness (QED) is 0.804. The summed E-state index contributed by atoms with van der Waals surface area (Å²) in [5.41, 5.74) is 0.505. The minimum atomic E-state index is -0.660. The lowest BCUT2D eigenvalue weighted by Gasteiger charge is -2.17. The van der Waals surface area contributed by atoms with Gasteiger partial charge in [0.15, 0.2) is 0 Å². The highest BCUT2D eigenvalue weighted by Crippen LogP contribution is 2.09. The molecule has 0 saturated heterocycles. The smallest absolute Gasteiger partial charge is 0.0715 e. The maximum absolute atomic E-state index is 9.46. The second-order valence-corrected chi connectivity index (χ2v) is 4.48. The van der Waals surface area contributed by atoms with Crippen molar-refractivity contribution in [1.82, 2.24) is 5.32 Å².